The summed E-state index contributed by atoms with van der Waals surface area (Å²) in [5, 5.41) is 4.18. The molecule has 0 aromatic rings. The minimum Gasteiger partial charge on any atom is -0.368 e. The Morgan fingerprint density at radius 3 is 2.46 bits per heavy atom. The van der Waals surface area contributed by atoms with Crippen molar-refractivity contribution in [3.8, 4) is 0 Å². The second-order valence-electron chi connectivity index (χ2n) is 10.3. The summed E-state index contributed by atoms with van der Waals surface area (Å²) in [7, 11) is 0. The summed E-state index contributed by atoms with van der Waals surface area (Å²) in [6.07, 6.45) is 14.2. The lowest BCUT2D eigenvalue weighted by Gasteiger charge is -2.63. The van der Waals surface area contributed by atoms with Gasteiger partial charge in [-0.2, -0.15) is 0 Å². The maximum Gasteiger partial charge on any atom is 0.251 e. The summed E-state index contributed by atoms with van der Waals surface area (Å²) in [6.45, 7) is 5.02. The number of nitrogens with zero attached hydrogens (tertiary/aromatic N) is 1. The summed E-state index contributed by atoms with van der Waals surface area (Å²) in [5.74, 6) is 2.20. The molecule has 1 N–H and O–H groups in total. The summed E-state index contributed by atoms with van der Waals surface area (Å²) < 4.78 is 5.60. The second-order valence-corrected chi connectivity index (χ2v) is 10.3. The number of hydrogen-bond donors (Lipinski definition) is 1. The summed E-state index contributed by atoms with van der Waals surface area (Å²) in [6, 6.07) is 0.605. The van der Waals surface area contributed by atoms with E-state index in [1.54, 1.807) is 0 Å². The number of carbonyl (C=O) groups is 1. The van der Waals surface area contributed by atoms with Crippen LogP contribution in [-0.2, 0) is 9.53 Å². The van der Waals surface area contributed by atoms with Crippen molar-refractivity contribution in [2.75, 3.05) is 19.7 Å². The Labute approximate surface area is 158 Å². The van der Waals surface area contributed by atoms with Gasteiger partial charge in [-0.3, -0.25) is 4.79 Å². The van der Waals surface area contributed by atoms with Gasteiger partial charge in [0.25, 0.3) is 5.91 Å². The highest BCUT2D eigenvalue weighted by molar-refractivity contribution is 5.81. The van der Waals surface area contributed by atoms with E-state index in [1.807, 2.05) is 0 Å². The molecule has 0 aromatic heterocycles. The van der Waals surface area contributed by atoms with E-state index in [-0.39, 0.29) is 12.0 Å². The average molecular weight is 361 g/mol. The Morgan fingerprint density at radius 1 is 1.12 bits per heavy atom. The Kier molecular flexibility index (Phi) is 4.36. The van der Waals surface area contributed by atoms with Gasteiger partial charge in [0.2, 0.25) is 0 Å². The number of nitrogens with one attached hydrogen (secondary N) is 1. The highest BCUT2D eigenvalue weighted by atomic mass is 16.5. The van der Waals surface area contributed by atoms with E-state index in [9.17, 15) is 4.79 Å². The molecule has 3 atom stereocenters. The predicted molar refractivity (Wildman–Crippen MR) is 102 cm³/mol. The molecule has 4 heteroatoms. The van der Waals surface area contributed by atoms with Gasteiger partial charge >= 0.3 is 0 Å². The first-order chi connectivity index (χ1) is 12.6. The standard InChI is InChI=1S/C22H36N2O2/c1-2-21-11-16-10-17(12-21)14-22(13-16,15-21)23-18-5-7-24(8-6-18)20(25)19-4-3-9-26-19/h16-19,23H,2-15H2,1H3/t16-,17-,19-,21?,22?/m0/s1. The van der Waals surface area contributed by atoms with E-state index in [4.69, 9.17) is 4.74 Å². The molecule has 0 radical (unpaired) electrons. The van der Waals surface area contributed by atoms with Crippen LogP contribution in [0.3, 0.4) is 0 Å². The molecule has 4 nitrogen and oxygen atoms in total. The van der Waals surface area contributed by atoms with Crippen LogP contribution in [0.4, 0.5) is 0 Å². The fraction of sp³-hybridized carbons (Fsp3) is 0.955. The third-order valence-corrected chi connectivity index (χ3v) is 8.45. The molecule has 2 saturated heterocycles. The second kappa shape index (κ2) is 6.48. The third kappa shape index (κ3) is 3.01. The molecule has 2 heterocycles. The van der Waals surface area contributed by atoms with Crippen LogP contribution >= 0.6 is 0 Å². The monoisotopic (exact) mass is 360 g/mol. The number of likely N-dealkylation sites (tertiary alicyclic amines) is 1. The van der Waals surface area contributed by atoms with E-state index in [0.717, 1.165) is 57.2 Å². The number of ether oxygens (including phenoxy) is 1. The zero-order valence-electron chi connectivity index (χ0n) is 16.5. The zero-order valence-corrected chi connectivity index (χ0v) is 16.5. The van der Waals surface area contributed by atoms with Crippen molar-refractivity contribution in [3.63, 3.8) is 0 Å². The van der Waals surface area contributed by atoms with Gasteiger partial charge in [0.1, 0.15) is 6.10 Å². The van der Waals surface area contributed by atoms with Crippen LogP contribution in [0.1, 0.15) is 77.6 Å². The van der Waals surface area contributed by atoms with Gasteiger partial charge in [0.15, 0.2) is 0 Å². The van der Waals surface area contributed by atoms with Crippen LogP contribution in [-0.4, -0.2) is 48.2 Å². The van der Waals surface area contributed by atoms with Crippen LogP contribution in [0.2, 0.25) is 0 Å². The molecule has 26 heavy (non-hydrogen) atoms. The molecule has 1 amide bonds. The molecule has 4 aliphatic carbocycles. The molecule has 0 aromatic carbocycles. The largest absolute Gasteiger partial charge is 0.368 e. The maximum absolute atomic E-state index is 12.6. The van der Waals surface area contributed by atoms with Gasteiger partial charge in [-0.25, -0.2) is 0 Å². The van der Waals surface area contributed by atoms with Crippen molar-refractivity contribution in [2.45, 2.75) is 95.2 Å². The van der Waals surface area contributed by atoms with Gasteiger partial charge in [0, 0.05) is 31.3 Å². The molecule has 2 aliphatic heterocycles. The van der Waals surface area contributed by atoms with Crippen LogP contribution < -0.4 is 5.32 Å². The highest BCUT2D eigenvalue weighted by Gasteiger charge is 2.57. The maximum atomic E-state index is 12.6. The van der Waals surface area contributed by atoms with Crippen LogP contribution in [0.15, 0.2) is 0 Å². The van der Waals surface area contributed by atoms with E-state index >= 15 is 0 Å². The van der Waals surface area contributed by atoms with Crippen LogP contribution in [0.25, 0.3) is 0 Å². The summed E-state index contributed by atoms with van der Waals surface area (Å²) in [5.41, 5.74) is 1.07. The molecule has 4 bridgehead atoms. The van der Waals surface area contributed by atoms with Crippen molar-refractivity contribution in [2.24, 2.45) is 17.3 Å². The van der Waals surface area contributed by atoms with Crippen molar-refractivity contribution < 1.29 is 9.53 Å². The number of amides is 1. The Morgan fingerprint density at radius 2 is 1.85 bits per heavy atom. The van der Waals surface area contributed by atoms with Gasteiger partial charge in [-0.15, -0.1) is 0 Å². The van der Waals surface area contributed by atoms with Gasteiger partial charge < -0.3 is 15.0 Å². The molecular weight excluding hydrogens is 324 g/mol. The Hall–Kier alpha value is -0.610. The zero-order chi connectivity index (χ0) is 17.8. The molecule has 146 valence electrons. The first kappa shape index (κ1) is 17.5. The lowest BCUT2D eigenvalue weighted by atomic mass is 9.46. The Bertz CT molecular complexity index is 534. The van der Waals surface area contributed by atoms with Gasteiger partial charge in [-0.05, 0) is 81.5 Å². The lowest BCUT2D eigenvalue weighted by Crippen LogP contribution is -2.64. The Balaban J connectivity index is 1.20. The molecule has 6 aliphatic rings. The van der Waals surface area contributed by atoms with Gasteiger partial charge in [0.05, 0.1) is 0 Å². The van der Waals surface area contributed by atoms with Crippen molar-refractivity contribution in [3.05, 3.63) is 0 Å². The molecule has 0 unspecified atom stereocenters. The highest BCUT2D eigenvalue weighted by Crippen LogP contribution is 2.62. The first-order valence-electron chi connectivity index (χ1n) is 11.3. The molecular formula is C22H36N2O2. The number of hydrogen-bond acceptors (Lipinski definition) is 3. The molecule has 4 saturated carbocycles. The minimum absolute atomic E-state index is 0.146. The summed E-state index contributed by atoms with van der Waals surface area (Å²) in [4.78, 5) is 14.6. The number of carbonyl (C=O) groups excluding carboxylic acids is 1. The van der Waals surface area contributed by atoms with E-state index in [2.05, 4.69) is 17.1 Å². The fourth-order valence-corrected chi connectivity index (χ4v) is 7.69. The lowest BCUT2D eigenvalue weighted by molar-refractivity contribution is -0.142. The van der Waals surface area contributed by atoms with Crippen molar-refractivity contribution >= 4 is 5.91 Å². The smallest absolute Gasteiger partial charge is 0.251 e. The van der Waals surface area contributed by atoms with E-state index in [1.165, 1.54) is 44.9 Å². The van der Waals surface area contributed by atoms with Crippen molar-refractivity contribution in [1.29, 1.82) is 0 Å². The molecule has 0 spiro atoms. The van der Waals surface area contributed by atoms with Crippen LogP contribution in [0, 0.1) is 17.3 Å². The van der Waals surface area contributed by atoms with Gasteiger partial charge in [-0.1, -0.05) is 13.3 Å². The van der Waals surface area contributed by atoms with E-state index in [0.29, 0.717) is 17.0 Å². The normalized spacial score (nSPS) is 45.4. The SMILES string of the molecule is CCC12C[C@@H]3C[C@@H](C1)CC(NC1CCN(C(=O)[C@@H]4CCCO4)CC1)(C3)C2. The average Bonchev–Trinajstić information content (AvgIpc) is 3.15. The molecule has 6 rings (SSSR count). The summed E-state index contributed by atoms with van der Waals surface area (Å²) >= 11 is 0. The number of rotatable bonds is 4. The van der Waals surface area contributed by atoms with Crippen molar-refractivity contribution in [1.82, 2.24) is 10.2 Å². The van der Waals surface area contributed by atoms with Crippen LogP contribution in [0.5, 0.6) is 0 Å². The quantitative estimate of drug-likeness (QED) is 0.834. The predicted octanol–water partition coefficient (Wildman–Crippen LogP) is 3.50. The molecule has 6 fully saturated rings. The third-order valence-electron chi connectivity index (χ3n) is 8.45. The van der Waals surface area contributed by atoms with E-state index < -0.39 is 0 Å². The topological polar surface area (TPSA) is 41.6 Å². The minimum atomic E-state index is -0.146. The fourth-order valence-electron chi connectivity index (χ4n) is 7.69. The first-order valence-corrected chi connectivity index (χ1v) is 11.3. The number of piperidine rings is 1.